The molecule has 2 amide bonds. The van der Waals surface area contributed by atoms with Crippen molar-refractivity contribution in [1.29, 1.82) is 0 Å². The van der Waals surface area contributed by atoms with Crippen molar-refractivity contribution in [1.82, 2.24) is 5.32 Å². The number of hydrogen-bond donors (Lipinski definition) is 2. The third kappa shape index (κ3) is 5.43. The fourth-order valence-corrected chi connectivity index (χ4v) is 2.39. The van der Waals surface area contributed by atoms with Crippen LogP contribution in [0, 0.1) is 0 Å². The fraction of sp³-hybridized carbons (Fsp3) is 0.263. The van der Waals surface area contributed by atoms with Crippen molar-refractivity contribution in [2.45, 2.75) is 25.3 Å². The van der Waals surface area contributed by atoms with Gasteiger partial charge >= 0.3 is 0 Å². The van der Waals surface area contributed by atoms with Gasteiger partial charge in [0.25, 0.3) is 0 Å². The van der Waals surface area contributed by atoms with Crippen LogP contribution in [0.3, 0.4) is 0 Å². The van der Waals surface area contributed by atoms with Crippen molar-refractivity contribution in [2.24, 2.45) is 5.73 Å². The quantitative estimate of drug-likeness (QED) is 0.776. The molecule has 0 saturated heterocycles. The Morgan fingerprint density at radius 2 is 1.71 bits per heavy atom. The van der Waals surface area contributed by atoms with Crippen molar-refractivity contribution in [3.63, 3.8) is 0 Å². The van der Waals surface area contributed by atoms with Crippen LogP contribution in [0.25, 0.3) is 0 Å². The van der Waals surface area contributed by atoms with Crippen LogP contribution in [0.1, 0.15) is 17.5 Å². The van der Waals surface area contributed by atoms with Crippen LogP contribution in [0.2, 0.25) is 0 Å². The molecule has 0 aliphatic carbocycles. The second kappa shape index (κ2) is 8.72. The number of amides is 2. The third-order valence-electron chi connectivity index (χ3n) is 3.76. The molecule has 2 aromatic rings. The van der Waals surface area contributed by atoms with E-state index < -0.39 is 11.9 Å². The number of primary amides is 1. The Morgan fingerprint density at radius 3 is 2.29 bits per heavy atom. The van der Waals surface area contributed by atoms with E-state index in [2.05, 4.69) is 5.32 Å². The zero-order valence-electron chi connectivity index (χ0n) is 13.7. The first-order chi connectivity index (χ1) is 11.6. The van der Waals surface area contributed by atoms with Gasteiger partial charge in [-0.15, -0.1) is 0 Å². The van der Waals surface area contributed by atoms with Gasteiger partial charge in [-0.3, -0.25) is 9.59 Å². The summed E-state index contributed by atoms with van der Waals surface area (Å²) in [5.41, 5.74) is 7.41. The standard InChI is InChI=1S/C19H22N2O3/c1-24-16-10-7-15(8-11-16)13-17(19(20)23)21-18(22)12-9-14-5-3-2-4-6-14/h2-8,10-11,17H,9,12-13H2,1H3,(H2,20,23)(H,21,22)/t17-/m1/s1. The second-order valence-electron chi connectivity index (χ2n) is 5.56. The van der Waals surface area contributed by atoms with Crippen molar-refractivity contribution in [2.75, 3.05) is 7.11 Å². The summed E-state index contributed by atoms with van der Waals surface area (Å²) >= 11 is 0. The van der Waals surface area contributed by atoms with Crippen molar-refractivity contribution in [3.05, 3.63) is 65.7 Å². The van der Waals surface area contributed by atoms with E-state index in [1.807, 2.05) is 54.6 Å². The molecular formula is C19H22N2O3. The van der Waals surface area contributed by atoms with Crippen LogP contribution in [0.4, 0.5) is 0 Å². The molecule has 1 atom stereocenters. The smallest absolute Gasteiger partial charge is 0.240 e. The molecule has 0 fully saturated rings. The van der Waals surface area contributed by atoms with E-state index in [9.17, 15) is 9.59 Å². The Hall–Kier alpha value is -2.82. The van der Waals surface area contributed by atoms with Crippen LogP contribution in [0.15, 0.2) is 54.6 Å². The zero-order chi connectivity index (χ0) is 17.4. The number of ether oxygens (including phenoxy) is 1. The highest BCUT2D eigenvalue weighted by atomic mass is 16.5. The first kappa shape index (κ1) is 17.5. The average Bonchev–Trinajstić information content (AvgIpc) is 2.61. The van der Waals surface area contributed by atoms with Crippen LogP contribution < -0.4 is 15.8 Å². The maximum atomic E-state index is 12.1. The average molecular weight is 326 g/mol. The minimum atomic E-state index is -0.721. The Kier molecular flexibility index (Phi) is 6.37. The molecule has 0 bridgehead atoms. The largest absolute Gasteiger partial charge is 0.497 e. The summed E-state index contributed by atoms with van der Waals surface area (Å²) in [5.74, 6) is 0.0105. The molecule has 0 aromatic heterocycles. The molecule has 0 radical (unpaired) electrons. The van der Waals surface area contributed by atoms with E-state index in [0.717, 1.165) is 16.9 Å². The minimum absolute atomic E-state index is 0.184. The van der Waals surface area contributed by atoms with Crippen LogP contribution >= 0.6 is 0 Å². The second-order valence-corrected chi connectivity index (χ2v) is 5.56. The summed E-state index contributed by atoms with van der Waals surface area (Å²) < 4.78 is 5.10. The van der Waals surface area contributed by atoms with E-state index in [1.165, 1.54) is 0 Å². The molecule has 0 aliphatic heterocycles. The van der Waals surface area contributed by atoms with Gasteiger partial charge in [0.2, 0.25) is 11.8 Å². The van der Waals surface area contributed by atoms with Gasteiger partial charge in [-0.25, -0.2) is 0 Å². The first-order valence-electron chi connectivity index (χ1n) is 7.84. The molecule has 2 rings (SSSR count). The molecule has 0 saturated carbocycles. The minimum Gasteiger partial charge on any atom is -0.497 e. The number of aryl methyl sites for hydroxylation is 1. The number of carbonyl (C=O) groups excluding carboxylic acids is 2. The van der Waals surface area contributed by atoms with Crippen molar-refractivity contribution >= 4 is 11.8 Å². The molecule has 2 aromatic carbocycles. The van der Waals surface area contributed by atoms with Gasteiger partial charge in [0.05, 0.1) is 7.11 Å². The monoisotopic (exact) mass is 326 g/mol. The number of rotatable bonds is 8. The first-order valence-corrected chi connectivity index (χ1v) is 7.84. The number of nitrogens with one attached hydrogen (secondary N) is 1. The number of benzene rings is 2. The van der Waals surface area contributed by atoms with E-state index in [-0.39, 0.29) is 5.91 Å². The number of carbonyl (C=O) groups is 2. The number of methoxy groups -OCH3 is 1. The van der Waals surface area contributed by atoms with E-state index in [0.29, 0.717) is 19.3 Å². The summed E-state index contributed by atoms with van der Waals surface area (Å²) in [6.07, 6.45) is 1.30. The Bertz CT molecular complexity index is 669. The molecule has 126 valence electrons. The molecule has 0 aliphatic rings. The normalized spacial score (nSPS) is 11.5. The van der Waals surface area contributed by atoms with Gasteiger partial charge in [-0.05, 0) is 29.7 Å². The molecule has 3 N–H and O–H groups in total. The predicted molar refractivity (Wildman–Crippen MR) is 92.6 cm³/mol. The number of hydrogen-bond acceptors (Lipinski definition) is 3. The van der Waals surface area contributed by atoms with E-state index >= 15 is 0 Å². The molecular weight excluding hydrogens is 304 g/mol. The van der Waals surface area contributed by atoms with Crippen molar-refractivity contribution in [3.8, 4) is 5.75 Å². The highest BCUT2D eigenvalue weighted by Crippen LogP contribution is 2.13. The highest BCUT2D eigenvalue weighted by molar-refractivity contribution is 5.86. The molecule has 5 nitrogen and oxygen atoms in total. The van der Waals surface area contributed by atoms with Crippen LogP contribution in [0.5, 0.6) is 5.75 Å². The highest BCUT2D eigenvalue weighted by Gasteiger charge is 2.18. The van der Waals surface area contributed by atoms with E-state index in [1.54, 1.807) is 7.11 Å². The van der Waals surface area contributed by atoms with Crippen LogP contribution in [-0.4, -0.2) is 25.0 Å². The summed E-state index contributed by atoms with van der Waals surface area (Å²) in [5, 5.41) is 2.72. The Morgan fingerprint density at radius 1 is 1.04 bits per heavy atom. The van der Waals surface area contributed by atoms with Gasteiger partial charge in [0, 0.05) is 12.8 Å². The molecule has 24 heavy (non-hydrogen) atoms. The lowest BCUT2D eigenvalue weighted by molar-refractivity contribution is -0.127. The Labute approximate surface area is 141 Å². The number of nitrogens with two attached hydrogens (primary N) is 1. The summed E-state index contributed by atoms with van der Waals surface area (Å²) in [4.78, 5) is 23.7. The maximum absolute atomic E-state index is 12.1. The van der Waals surface area contributed by atoms with Gasteiger partial charge in [-0.1, -0.05) is 42.5 Å². The summed E-state index contributed by atoms with van der Waals surface area (Å²) in [6.45, 7) is 0. The van der Waals surface area contributed by atoms with Gasteiger partial charge in [0.1, 0.15) is 11.8 Å². The van der Waals surface area contributed by atoms with E-state index in [4.69, 9.17) is 10.5 Å². The lowest BCUT2D eigenvalue weighted by Gasteiger charge is -2.16. The van der Waals surface area contributed by atoms with Crippen molar-refractivity contribution < 1.29 is 14.3 Å². The SMILES string of the molecule is COc1ccc(C[C@@H](NC(=O)CCc2ccccc2)C(N)=O)cc1. The molecule has 0 heterocycles. The molecule has 0 unspecified atom stereocenters. The van der Waals surface area contributed by atoms with Gasteiger partial charge < -0.3 is 15.8 Å². The summed E-state index contributed by atoms with van der Waals surface area (Å²) in [6, 6.07) is 16.3. The Balaban J connectivity index is 1.90. The lowest BCUT2D eigenvalue weighted by Crippen LogP contribution is -2.45. The molecule has 0 spiro atoms. The third-order valence-corrected chi connectivity index (χ3v) is 3.76. The molecule has 5 heteroatoms. The van der Waals surface area contributed by atoms with Gasteiger partial charge in [0.15, 0.2) is 0 Å². The predicted octanol–water partition coefficient (Wildman–Crippen LogP) is 1.84. The zero-order valence-corrected chi connectivity index (χ0v) is 13.7. The fourth-order valence-electron chi connectivity index (χ4n) is 2.39. The topological polar surface area (TPSA) is 81.4 Å². The lowest BCUT2D eigenvalue weighted by atomic mass is 10.0. The maximum Gasteiger partial charge on any atom is 0.240 e. The van der Waals surface area contributed by atoms with Crippen LogP contribution in [-0.2, 0) is 22.4 Å². The summed E-state index contributed by atoms with van der Waals surface area (Å²) in [7, 11) is 1.59. The van der Waals surface area contributed by atoms with Gasteiger partial charge in [-0.2, -0.15) is 0 Å².